The van der Waals surface area contributed by atoms with E-state index >= 15 is 0 Å². The van der Waals surface area contributed by atoms with Crippen molar-refractivity contribution >= 4 is 23.2 Å². The zero-order chi connectivity index (χ0) is 24.4. The molecule has 2 aliphatic rings. The van der Waals surface area contributed by atoms with Gasteiger partial charge in [0.2, 0.25) is 5.91 Å². The van der Waals surface area contributed by atoms with Crippen LogP contribution >= 0.6 is 0 Å². The minimum Gasteiger partial charge on any atom is -0.379 e. The standard InChI is InChI=1S/C26H24F2N4O3/c27-20-4-2-1-3-19(20)22-8-6-18(16-29-22)30-24(33)17-5-7-21(28)23(15-17)31-25(34)26(9-10-26)32-11-13-35-14-12-32/h1-8,15-16H,9-14H2,(H,30,33)(H,31,34). The van der Waals surface area contributed by atoms with Gasteiger partial charge >= 0.3 is 0 Å². The number of anilines is 2. The van der Waals surface area contributed by atoms with Crippen molar-refractivity contribution in [2.24, 2.45) is 0 Å². The van der Waals surface area contributed by atoms with E-state index in [0.717, 1.165) is 6.07 Å². The van der Waals surface area contributed by atoms with Crippen molar-refractivity contribution in [3.05, 3.63) is 78.0 Å². The molecule has 35 heavy (non-hydrogen) atoms. The van der Waals surface area contributed by atoms with E-state index in [-0.39, 0.29) is 23.0 Å². The highest BCUT2D eigenvalue weighted by Crippen LogP contribution is 2.43. The third-order valence-corrected chi connectivity index (χ3v) is 6.41. The summed E-state index contributed by atoms with van der Waals surface area (Å²) in [5.41, 5.74) is 0.678. The predicted octanol–water partition coefficient (Wildman–Crippen LogP) is 4.08. The molecule has 1 aromatic heterocycles. The van der Waals surface area contributed by atoms with Gasteiger partial charge in [0.15, 0.2) is 0 Å². The van der Waals surface area contributed by atoms with E-state index in [9.17, 15) is 18.4 Å². The van der Waals surface area contributed by atoms with Gasteiger partial charge in [0.1, 0.15) is 17.2 Å². The quantitative estimate of drug-likeness (QED) is 0.558. The third kappa shape index (κ3) is 4.78. The highest BCUT2D eigenvalue weighted by atomic mass is 19.1. The van der Waals surface area contributed by atoms with Gasteiger partial charge in [-0.15, -0.1) is 0 Å². The van der Waals surface area contributed by atoms with Gasteiger partial charge in [0.25, 0.3) is 5.91 Å². The largest absolute Gasteiger partial charge is 0.379 e. The first kappa shape index (κ1) is 23.1. The molecule has 0 unspecified atom stereocenters. The summed E-state index contributed by atoms with van der Waals surface area (Å²) in [7, 11) is 0. The summed E-state index contributed by atoms with van der Waals surface area (Å²) in [6.07, 6.45) is 2.83. The van der Waals surface area contributed by atoms with Gasteiger partial charge in [-0.2, -0.15) is 0 Å². The second-order valence-electron chi connectivity index (χ2n) is 8.65. The number of ether oxygens (including phenoxy) is 1. The number of pyridine rings is 1. The third-order valence-electron chi connectivity index (χ3n) is 6.41. The Morgan fingerprint density at radius 1 is 0.943 bits per heavy atom. The molecular weight excluding hydrogens is 454 g/mol. The molecule has 0 spiro atoms. The number of benzene rings is 2. The van der Waals surface area contributed by atoms with E-state index in [1.54, 1.807) is 30.3 Å². The highest BCUT2D eigenvalue weighted by molar-refractivity contribution is 6.06. The van der Waals surface area contributed by atoms with Crippen LogP contribution in [0.25, 0.3) is 11.3 Å². The Hall–Kier alpha value is -3.69. The van der Waals surface area contributed by atoms with Crippen molar-refractivity contribution in [1.29, 1.82) is 0 Å². The van der Waals surface area contributed by atoms with Gasteiger partial charge in [-0.1, -0.05) is 12.1 Å². The van der Waals surface area contributed by atoms with Crippen LogP contribution in [0.5, 0.6) is 0 Å². The van der Waals surface area contributed by atoms with E-state index in [2.05, 4.69) is 20.5 Å². The lowest BCUT2D eigenvalue weighted by molar-refractivity contribution is -0.124. The zero-order valence-corrected chi connectivity index (χ0v) is 18.9. The van der Waals surface area contributed by atoms with Crippen LogP contribution in [0.15, 0.2) is 60.8 Å². The van der Waals surface area contributed by atoms with Crippen LogP contribution in [0.2, 0.25) is 0 Å². The molecule has 3 aromatic rings. The molecule has 2 heterocycles. The first-order valence-electron chi connectivity index (χ1n) is 11.4. The topological polar surface area (TPSA) is 83.6 Å². The van der Waals surface area contributed by atoms with Crippen LogP contribution in [-0.4, -0.2) is 53.5 Å². The van der Waals surface area contributed by atoms with Crippen molar-refractivity contribution in [3.8, 4) is 11.3 Å². The summed E-state index contributed by atoms with van der Waals surface area (Å²) < 4.78 is 33.8. The number of halogens is 2. The van der Waals surface area contributed by atoms with Crippen LogP contribution in [0.1, 0.15) is 23.2 Å². The maximum Gasteiger partial charge on any atom is 0.255 e. The fourth-order valence-corrected chi connectivity index (χ4v) is 4.30. The smallest absolute Gasteiger partial charge is 0.255 e. The molecule has 180 valence electrons. The molecule has 1 saturated carbocycles. The number of amides is 2. The van der Waals surface area contributed by atoms with Crippen molar-refractivity contribution in [1.82, 2.24) is 9.88 Å². The molecule has 1 saturated heterocycles. The number of hydrogen-bond acceptors (Lipinski definition) is 5. The second kappa shape index (κ2) is 9.52. The van der Waals surface area contributed by atoms with E-state index in [4.69, 9.17) is 4.74 Å². The van der Waals surface area contributed by atoms with Crippen molar-refractivity contribution in [3.63, 3.8) is 0 Å². The van der Waals surface area contributed by atoms with Gasteiger partial charge in [0, 0.05) is 24.2 Å². The summed E-state index contributed by atoms with van der Waals surface area (Å²) in [6.45, 7) is 2.44. The van der Waals surface area contributed by atoms with E-state index in [1.807, 2.05) is 0 Å². The maximum atomic E-state index is 14.5. The van der Waals surface area contributed by atoms with Crippen molar-refractivity contribution in [2.75, 3.05) is 36.9 Å². The van der Waals surface area contributed by atoms with Crippen LogP contribution in [0.4, 0.5) is 20.2 Å². The first-order chi connectivity index (χ1) is 17.0. The number of carbonyl (C=O) groups is 2. The van der Waals surface area contributed by atoms with Crippen LogP contribution in [0.3, 0.4) is 0 Å². The Morgan fingerprint density at radius 2 is 1.71 bits per heavy atom. The molecule has 2 fully saturated rings. The van der Waals surface area contributed by atoms with E-state index in [1.165, 1.54) is 24.4 Å². The molecule has 0 bridgehead atoms. The summed E-state index contributed by atoms with van der Waals surface area (Å²) >= 11 is 0. The van der Waals surface area contributed by atoms with Crippen molar-refractivity contribution < 1.29 is 23.1 Å². The number of carbonyl (C=O) groups excluding carboxylic acids is 2. The molecule has 2 amide bonds. The number of hydrogen-bond donors (Lipinski definition) is 2. The molecule has 2 aromatic carbocycles. The molecule has 5 rings (SSSR count). The second-order valence-corrected chi connectivity index (χ2v) is 8.65. The SMILES string of the molecule is O=C(Nc1ccc(-c2ccccc2F)nc1)c1ccc(F)c(NC(=O)C2(N3CCOCC3)CC2)c1. The Kier molecular flexibility index (Phi) is 6.27. The number of morpholine rings is 1. The van der Waals surface area contributed by atoms with Crippen molar-refractivity contribution in [2.45, 2.75) is 18.4 Å². The Bertz CT molecular complexity index is 1260. The average molecular weight is 478 g/mol. The van der Waals surface area contributed by atoms with Crippen LogP contribution < -0.4 is 10.6 Å². The summed E-state index contributed by atoms with van der Waals surface area (Å²) in [5.74, 6) is -1.78. The molecule has 9 heteroatoms. The summed E-state index contributed by atoms with van der Waals surface area (Å²) in [5, 5.41) is 5.37. The normalized spacial score (nSPS) is 17.0. The molecule has 0 radical (unpaired) electrons. The summed E-state index contributed by atoms with van der Waals surface area (Å²) in [4.78, 5) is 32.1. The molecule has 7 nitrogen and oxygen atoms in total. The monoisotopic (exact) mass is 478 g/mol. The zero-order valence-electron chi connectivity index (χ0n) is 18.9. The molecule has 2 N–H and O–H groups in total. The van der Waals surface area contributed by atoms with E-state index < -0.39 is 17.3 Å². The van der Waals surface area contributed by atoms with Gasteiger partial charge in [-0.3, -0.25) is 19.5 Å². The Labute approximate surface area is 201 Å². The lowest BCUT2D eigenvalue weighted by Crippen LogP contribution is -2.51. The highest BCUT2D eigenvalue weighted by Gasteiger charge is 2.54. The molecular formula is C26H24F2N4O3. The molecule has 0 atom stereocenters. The number of aromatic nitrogens is 1. The molecule has 1 aliphatic heterocycles. The number of nitrogens with zero attached hydrogens (tertiary/aromatic N) is 2. The van der Waals surface area contributed by atoms with Crippen LogP contribution in [-0.2, 0) is 9.53 Å². The lowest BCUT2D eigenvalue weighted by Gasteiger charge is -2.33. The number of rotatable bonds is 6. The maximum absolute atomic E-state index is 14.5. The molecule has 1 aliphatic carbocycles. The lowest BCUT2D eigenvalue weighted by atomic mass is 10.1. The average Bonchev–Trinajstić information content (AvgIpc) is 3.69. The fourth-order valence-electron chi connectivity index (χ4n) is 4.30. The Morgan fingerprint density at radius 3 is 2.40 bits per heavy atom. The van der Waals surface area contributed by atoms with Gasteiger partial charge < -0.3 is 15.4 Å². The van der Waals surface area contributed by atoms with Gasteiger partial charge in [-0.25, -0.2) is 8.78 Å². The fraction of sp³-hybridized carbons (Fsp3) is 0.269. The minimum absolute atomic E-state index is 0.0461. The first-order valence-corrected chi connectivity index (χ1v) is 11.4. The number of nitrogens with one attached hydrogen (secondary N) is 2. The summed E-state index contributed by atoms with van der Waals surface area (Å²) in [6, 6.07) is 13.3. The predicted molar refractivity (Wildman–Crippen MR) is 127 cm³/mol. The van der Waals surface area contributed by atoms with Gasteiger partial charge in [0.05, 0.1) is 36.5 Å². The van der Waals surface area contributed by atoms with Crippen LogP contribution in [0, 0.1) is 11.6 Å². The van der Waals surface area contributed by atoms with Gasteiger partial charge in [-0.05, 0) is 55.3 Å². The minimum atomic E-state index is -0.639. The Balaban J connectivity index is 1.27. The van der Waals surface area contributed by atoms with E-state index in [0.29, 0.717) is 56.1 Å².